The van der Waals surface area contributed by atoms with Crippen LogP contribution in [0.15, 0.2) is 12.2 Å². The van der Waals surface area contributed by atoms with E-state index in [0.29, 0.717) is 12.0 Å². The Labute approximate surface area is 113 Å². The maximum atomic E-state index is 11.2. The lowest BCUT2D eigenvalue weighted by molar-refractivity contribution is -0.139. The van der Waals surface area contributed by atoms with Gasteiger partial charge in [0.15, 0.2) is 0 Å². The van der Waals surface area contributed by atoms with Crippen molar-refractivity contribution in [2.24, 2.45) is 0 Å². The molecule has 0 aromatic rings. The molecule has 0 aromatic heterocycles. The number of hydrogen-bond donors (Lipinski definition) is 2. The number of carbonyl (C=O) groups excluding carboxylic acids is 1. The Morgan fingerprint density at radius 1 is 1.42 bits per heavy atom. The van der Waals surface area contributed by atoms with Crippen molar-refractivity contribution < 1.29 is 28.4 Å². The number of ether oxygens (including phenoxy) is 1. The quantitative estimate of drug-likeness (QED) is 0.390. The second-order valence-electron chi connectivity index (χ2n) is 4.82. The van der Waals surface area contributed by atoms with Crippen molar-refractivity contribution in [3.8, 4) is 0 Å². The summed E-state index contributed by atoms with van der Waals surface area (Å²) in [5.41, 5.74) is -0.353. The maximum Gasteiger partial charge on any atom is 0.469 e. The first kappa shape index (κ1) is 18.3. The molecule has 0 saturated carbocycles. The summed E-state index contributed by atoms with van der Waals surface area (Å²) >= 11 is 0. The standard InChI is InChI=1S/C11H22NO6P/c1-9(2)10(13)17-7-6-11(3,12(4)5)8-18-19(14,15)16/h1,6-8H2,2-5H3,(H2,14,15,16). The average Bonchev–Trinajstić information content (AvgIpc) is 2.24. The number of esters is 1. The van der Waals surface area contributed by atoms with Crippen LogP contribution in [0.3, 0.4) is 0 Å². The third-order valence-corrected chi connectivity index (χ3v) is 3.31. The predicted molar refractivity (Wildman–Crippen MR) is 70.5 cm³/mol. The van der Waals surface area contributed by atoms with Gasteiger partial charge < -0.3 is 19.4 Å². The molecule has 7 nitrogen and oxygen atoms in total. The zero-order valence-electron chi connectivity index (χ0n) is 11.8. The molecular weight excluding hydrogens is 273 g/mol. The molecule has 0 aliphatic heterocycles. The van der Waals surface area contributed by atoms with Gasteiger partial charge in [-0.05, 0) is 27.9 Å². The average molecular weight is 295 g/mol. The van der Waals surface area contributed by atoms with Crippen LogP contribution in [0.5, 0.6) is 0 Å². The number of rotatable bonds is 8. The molecule has 0 fully saturated rings. The van der Waals surface area contributed by atoms with Crippen LogP contribution in [0.2, 0.25) is 0 Å². The molecule has 0 saturated heterocycles. The number of likely N-dealkylation sites (N-methyl/N-ethyl adjacent to an activating group) is 1. The van der Waals surface area contributed by atoms with Crippen molar-refractivity contribution in [3.63, 3.8) is 0 Å². The summed E-state index contributed by atoms with van der Waals surface area (Å²) in [6, 6.07) is 0. The Kier molecular flexibility index (Phi) is 6.89. The van der Waals surface area contributed by atoms with Crippen LogP contribution in [-0.2, 0) is 18.6 Å². The van der Waals surface area contributed by atoms with Crippen molar-refractivity contribution in [1.82, 2.24) is 4.90 Å². The summed E-state index contributed by atoms with van der Waals surface area (Å²) < 4.78 is 20.2. The molecule has 0 aliphatic rings. The van der Waals surface area contributed by atoms with Gasteiger partial charge in [-0.25, -0.2) is 9.36 Å². The van der Waals surface area contributed by atoms with Crippen LogP contribution in [0.4, 0.5) is 0 Å². The molecule has 112 valence electrons. The number of phosphoric acid groups is 1. The first-order valence-electron chi connectivity index (χ1n) is 5.68. The minimum Gasteiger partial charge on any atom is -0.462 e. The molecule has 1 unspecified atom stereocenters. The summed E-state index contributed by atoms with van der Waals surface area (Å²) in [5, 5.41) is 0. The van der Waals surface area contributed by atoms with Crippen LogP contribution in [0, 0.1) is 0 Å². The van der Waals surface area contributed by atoms with Crippen molar-refractivity contribution >= 4 is 13.8 Å². The summed E-state index contributed by atoms with van der Waals surface area (Å²) in [4.78, 5) is 30.4. The van der Waals surface area contributed by atoms with E-state index in [4.69, 9.17) is 14.5 Å². The Morgan fingerprint density at radius 3 is 2.32 bits per heavy atom. The van der Waals surface area contributed by atoms with E-state index in [9.17, 15) is 9.36 Å². The van der Waals surface area contributed by atoms with Crippen LogP contribution >= 0.6 is 7.82 Å². The molecule has 0 aliphatic carbocycles. The van der Waals surface area contributed by atoms with Crippen molar-refractivity contribution in [2.75, 3.05) is 27.3 Å². The zero-order valence-corrected chi connectivity index (χ0v) is 12.6. The van der Waals surface area contributed by atoms with Gasteiger partial charge in [0.05, 0.1) is 13.2 Å². The van der Waals surface area contributed by atoms with Gasteiger partial charge in [0, 0.05) is 17.5 Å². The van der Waals surface area contributed by atoms with E-state index >= 15 is 0 Å². The summed E-state index contributed by atoms with van der Waals surface area (Å²) in [6.07, 6.45) is 0.374. The molecule has 0 radical (unpaired) electrons. The Morgan fingerprint density at radius 2 is 1.95 bits per heavy atom. The lowest BCUT2D eigenvalue weighted by Gasteiger charge is -2.36. The van der Waals surface area contributed by atoms with Crippen LogP contribution < -0.4 is 0 Å². The highest BCUT2D eigenvalue weighted by atomic mass is 31.2. The Balaban J connectivity index is 4.43. The van der Waals surface area contributed by atoms with Gasteiger partial charge in [-0.2, -0.15) is 0 Å². The van der Waals surface area contributed by atoms with Gasteiger partial charge in [0.1, 0.15) is 0 Å². The SMILES string of the molecule is C=C(C)C(=O)OCCC(C)(COP(=O)(O)O)N(C)C. The van der Waals surface area contributed by atoms with Crippen LogP contribution in [0.1, 0.15) is 20.3 Å². The highest BCUT2D eigenvalue weighted by Gasteiger charge is 2.31. The van der Waals surface area contributed by atoms with Gasteiger partial charge in [0.25, 0.3) is 0 Å². The monoisotopic (exact) mass is 295 g/mol. The van der Waals surface area contributed by atoms with Crippen molar-refractivity contribution in [2.45, 2.75) is 25.8 Å². The van der Waals surface area contributed by atoms with E-state index in [1.807, 2.05) is 0 Å². The highest BCUT2D eigenvalue weighted by molar-refractivity contribution is 7.46. The van der Waals surface area contributed by atoms with E-state index < -0.39 is 19.3 Å². The predicted octanol–water partition coefficient (Wildman–Crippen LogP) is 0.925. The van der Waals surface area contributed by atoms with Crippen LogP contribution in [-0.4, -0.2) is 53.5 Å². The lowest BCUT2D eigenvalue weighted by atomic mass is 9.98. The van der Waals surface area contributed by atoms with Crippen molar-refractivity contribution in [3.05, 3.63) is 12.2 Å². The molecule has 0 amide bonds. The summed E-state index contributed by atoms with van der Waals surface area (Å²) in [7, 11) is -1.01. The van der Waals surface area contributed by atoms with E-state index in [1.165, 1.54) is 0 Å². The third kappa shape index (κ3) is 7.44. The molecule has 1 atom stereocenters. The number of carbonyl (C=O) groups is 1. The molecule has 0 heterocycles. The Bertz CT molecular complexity index is 377. The highest BCUT2D eigenvalue weighted by Crippen LogP contribution is 2.37. The summed E-state index contributed by atoms with van der Waals surface area (Å²) in [5.74, 6) is -0.489. The minimum atomic E-state index is -4.52. The molecule has 2 N–H and O–H groups in total. The van der Waals surface area contributed by atoms with Crippen molar-refractivity contribution in [1.29, 1.82) is 0 Å². The second kappa shape index (κ2) is 7.17. The Hall–Kier alpha value is -0.720. The molecule has 0 aromatic carbocycles. The fourth-order valence-corrected chi connectivity index (χ4v) is 1.58. The first-order chi connectivity index (χ1) is 8.48. The van der Waals surface area contributed by atoms with E-state index in [0.717, 1.165) is 0 Å². The largest absolute Gasteiger partial charge is 0.469 e. The minimum absolute atomic E-state index is 0.116. The molecule has 0 rings (SSSR count). The number of phosphoric ester groups is 1. The molecular formula is C11H22NO6P. The van der Waals surface area contributed by atoms with Gasteiger partial charge in [0.2, 0.25) is 0 Å². The number of nitrogens with zero attached hydrogens (tertiary/aromatic N) is 1. The maximum absolute atomic E-state index is 11.2. The summed E-state index contributed by atoms with van der Waals surface area (Å²) in [6.45, 7) is 6.71. The van der Waals surface area contributed by atoms with E-state index in [-0.39, 0.29) is 13.2 Å². The van der Waals surface area contributed by atoms with Gasteiger partial charge >= 0.3 is 13.8 Å². The van der Waals surface area contributed by atoms with Gasteiger partial charge in [-0.1, -0.05) is 6.58 Å². The fourth-order valence-electron chi connectivity index (χ4n) is 1.13. The zero-order chi connectivity index (χ0) is 15.3. The van der Waals surface area contributed by atoms with Gasteiger partial charge in [-0.3, -0.25) is 4.52 Å². The van der Waals surface area contributed by atoms with Gasteiger partial charge in [-0.15, -0.1) is 0 Å². The number of hydrogen-bond acceptors (Lipinski definition) is 5. The van der Waals surface area contributed by atoms with E-state index in [1.54, 1.807) is 32.8 Å². The molecule has 19 heavy (non-hydrogen) atoms. The fraction of sp³-hybridized carbons (Fsp3) is 0.727. The first-order valence-corrected chi connectivity index (χ1v) is 7.21. The lowest BCUT2D eigenvalue weighted by Crippen LogP contribution is -2.46. The molecule has 0 bridgehead atoms. The second-order valence-corrected chi connectivity index (χ2v) is 6.06. The molecule has 0 spiro atoms. The normalized spacial score (nSPS) is 15.1. The van der Waals surface area contributed by atoms with Crippen LogP contribution in [0.25, 0.3) is 0 Å². The van der Waals surface area contributed by atoms with E-state index in [2.05, 4.69) is 11.1 Å². The molecule has 8 heteroatoms. The third-order valence-electron chi connectivity index (χ3n) is 2.85. The topological polar surface area (TPSA) is 96.3 Å². The smallest absolute Gasteiger partial charge is 0.462 e.